The normalized spacial score (nSPS) is 11.7. The summed E-state index contributed by atoms with van der Waals surface area (Å²) in [5.74, 6) is -0.253. The van der Waals surface area contributed by atoms with Crippen LogP contribution in [0.2, 0.25) is 0 Å². The zero-order valence-electron chi connectivity index (χ0n) is 15.1. The Balaban J connectivity index is 1.80. The summed E-state index contributed by atoms with van der Waals surface area (Å²) in [6, 6.07) is 17.1. The molecule has 0 radical (unpaired) electrons. The molecule has 2 aromatic heterocycles. The van der Waals surface area contributed by atoms with E-state index in [-0.39, 0.29) is 23.3 Å². The molecule has 0 spiro atoms. The highest BCUT2D eigenvalue weighted by molar-refractivity contribution is 5.96. The highest BCUT2D eigenvalue weighted by Crippen LogP contribution is 2.19. The summed E-state index contributed by atoms with van der Waals surface area (Å²) >= 11 is 0. The van der Waals surface area contributed by atoms with Crippen LogP contribution in [0.1, 0.15) is 21.7 Å². The van der Waals surface area contributed by atoms with Crippen LogP contribution in [0.5, 0.6) is 0 Å². The molecule has 0 aliphatic heterocycles. The standard InChI is InChI=1S/C22H17FN2O3/c1-14-8-9-19(18(23)11-14)25-22-17(12-15-5-2-3-7-20(15)28-22)21(26)24-13-16-6-4-10-27-16/h2-12H,13H2,1H3,(H,24,26). The number of carbonyl (C=O) groups excluding carboxylic acids is 1. The highest BCUT2D eigenvalue weighted by Gasteiger charge is 2.14. The molecule has 140 valence electrons. The Morgan fingerprint density at radius 2 is 1.96 bits per heavy atom. The fourth-order valence-electron chi connectivity index (χ4n) is 2.80. The Hall–Kier alpha value is -3.67. The highest BCUT2D eigenvalue weighted by atomic mass is 19.1. The van der Waals surface area contributed by atoms with Gasteiger partial charge in [0.15, 0.2) is 0 Å². The van der Waals surface area contributed by atoms with Crippen molar-refractivity contribution in [2.75, 3.05) is 0 Å². The van der Waals surface area contributed by atoms with E-state index in [1.807, 2.05) is 18.2 Å². The molecule has 0 saturated heterocycles. The Bertz CT molecular complexity index is 1210. The van der Waals surface area contributed by atoms with E-state index in [1.54, 1.807) is 43.3 Å². The van der Waals surface area contributed by atoms with Gasteiger partial charge >= 0.3 is 0 Å². The molecule has 2 aromatic carbocycles. The molecule has 0 unspecified atom stereocenters. The van der Waals surface area contributed by atoms with Crippen LogP contribution in [0.15, 0.2) is 80.8 Å². The van der Waals surface area contributed by atoms with E-state index >= 15 is 0 Å². The lowest BCUT2D eigenvalue weighted by Gasteiger charge is -2.06. The molecule has 0 atom stereocenters. The van der Waals surface area contributed by atoms with Crippen molar-refractivity contribution in [1.82, 2.24) is 5.32 Å². The van der Waals surface area contributed by atoms with Crippen molar-refractivity contribution in [3.05, 3.63) is 95.2 Å². The average molecular weight is 376 g/mol. The number of fused-ring (bicyclic) bond motifs is 1. The molecular weight excluding hydrogens is 359 g/mol. The molecule has 28 heavy (non-hydrogen) atoms. The topological polar surface area (TPSA) is 67.7 Å². The Morgan fingerprint density at radius 1 is 1.11 bits per heavy atom. The maximum Gasteiger partial charge on any atom is 0.257 e. The SMILES string of the molecule is Cc1ccc(N=c2oc3ccccc3cc2C(=O)NCc2ccco2)c(F)c1. The lowest BCUT2D eigenvalue weighted by molar-refractivity contribution is 0.0944. The fourth-order valence-corrected chi connectivity index (χ4v) is 2.80. The van der Waals surface area contributed by atoms with Gasteiger partial charge in [0.25, 0.3) is 5.91 Å². The summed E-state index contributed by atoms with van der Waals surface area (Å²) in [6.07, 6.45) is 1.54. The molecule has 4 aromatic rings. The van der Waals surface area contributed by atoms with Crippen LogP contribution in [-0.2, 0) is 6.54 Å². The molecule has 0 aliphatic rings. The van der Waals surface area contributed by atoms with Gasteiger partial charge in [-0.2, -0.15) is 0 Å². The van der Waals surface area contributed by atoms with Gasteiger partial charge in [-0.25, -0.2) is 9.38 Å². The van der Waals surface area contributed by atoms with Gasteiger partial charge in [0.1, 0.15) is 28.4 Å². The number of hydrogen-bond donors (Lipinski definition) is 1. The number of halogens is 1. The van der Waals surface area contributed by atoms with Gasteiger partial charge < -0.3 is 14.2 Å². The first kappa shape index (κ1) is 17.7. The first-order valence-corrected chi connectivity index (χ1v) is 8.74. The second-order valence-corrected chi connectivity index (χ2v) is 6.33. The lowest BCUT2D eigenvalue weighted by Crippen LogP contribution is -2.28. The van der Waals surface area contributed by atoms with E-state index in [2.05, 4.69) is 10.3 Å². The molecule has 0 fully saturated rings. The van der Waals surface area contributed by atoms with Crippen molar-refractivity contribution < 1.29 is 18.0 Å². The van der Waals surface area contributed by atoms with Crippen LogP contribution >= 0.6 is 0 Å². The van der Waals surface area contributed by atoms with Crippen LogP contribution in [0.3, 0.4) is 0 Å². The number of benzene rings is 2. The molecule has 1 amide bonds. The average Bonchev–Trinajstić information content (AvgIpc) is 3.21. The molecule has 6 heteroatoms. The number of para-hydroxylation sites is 1. The Morgan fingerprint density at radius 3 is 2.75 bits per heavy atom. The molecular formula is C22H17FN2O3. The first-order chi connectivity index (χ1) is 13.6. The Labute approximate surface area is 160 Å². The number of aryl methyl sites for hydroxylation is 1. The molecule has 4 rings (SSSR count). The predicted octanol–water partition coefficient (Wildman–Crippen LogP) is 4.64. The van der Waals surface area contributed by atoms with E-state index in [4.69, 9.17) is 8.83 Å². The summed E-state index contributed by atoms with van der Waals surface area (Å²) in [5.41, 5.74) is 1.69. The van der Waals surface area contributed by atoms with Crippen molar-refractivity contribution in [3.63, 3.8) is 0 Å². The van der Waals surface area contributed by atoms with Crippen molar-refractivity contribution in [1.29, 1.82) is 0 Å². The van der Waals surface area contributed by atoms with E-state index in [1.165, 1.54) is 12.3 Å². The summed E-state index contributed by atoms with van der Waals surface area (Å²) in [6.45, 7) is 2.01. The number of amides is 1. The third kappa shape index (κ3) is 3.71. The number of carbonyl (C=O) groups is 1. The van der Waals surface area contributed by atoms with E-state index in [0.717, 1.165) is 10.9 Å². The van der Waals surface area contributed by atoms with Crippen molar-refractivity contribution in [3.8, 4) is 0 Å². The third-order valence-corrected chi connectivity index (χ3v) is 4.23. The third-order valence-electron chi connectivity index (χ3n) is 4.23. The minimum absolute atomic E-state index is 0.0402. The maximum absolute atomic E-state index is 14.3. The molecule has 0 bridgehead atoms. The van der Waals surface area contributed by atoms with E-state index in [0.29, 0.717) is 11.3 Å². The summed E-state index contributed by atoms with van der Waals surface area (Å²) in [5, 5.41) is 3.51. The number of rotatable bonds is 4. The molecule has 2 heterocycles. The summed E-state index contributed by atoms with van der Waals surface area (Å²) in [4.78, 5) is 17.0. The van der Waals surface area contributed by atoms with Gasteiger partial charge in [-0.3, -0.25) is 4.79 Å². The van der Waals surface area contributed by atoms with Gasteiger partial charge in [-0.05, 0) is 48.9 Å². The van der Waals surface area contributed by atoms with Crippen molar-refractivity contribution in [2.24, 2.45) is 4.99 Å². The zero-order chi connectivity index (χ0) is 19.5. The summed E-state index contributed by atoms with van der Waals surface area (Å²) in [7, 11) is 0. The molecule has 0 aliphatic carbocycles. The molecule has 5 nitrogen and oxygen atoms in total. The minimum Gasteiger partial charge on any atom is -0.467 e. The predicted molar refractivity (Wildman–Crippen MR) is 102 cm³/mol. The number of furan rings is 1. The van der Waals surface area contributed by atoms with Gasteiger partial charge in [-0.1, -0.05) is 24.3 Å². The van der Waals surface area contributed by atoms with E-state index < -0.39 is 11.7 Å². The van der Waals surface area contributed by atoms with Crippen molar-refractivity contribution in [2.45, 2.75) is 13.5 Å². The van der Waals surface area contributed by atoms with Crippen LogP contribution in [0, 0.1) is 12.7 Å². The minimum atomic E-state index is -0.481. The summed E-state index contributed by atoms with van der Waals surface area (Å²) < 4.78 is 25.3. The zero-order valence-corrected chi connectivity index (χ0v) is 15.1. The van der Waals surface area contributed by atoms with Gasteiger partial charge in [0.2, 0.25) is 5.55 Å². The Kier molecular flexibility index (Phi) is 4.76. The monoisotopic (exact) mass is 376 g/mol. The van der Waals surface area contributed by atoms with Crippen LogP contribution < -0.4 is 10.9 Å². The van der Waals surface area contributed by atoms with Gasteiger partial charge in [-0.15, -0.1) is 0 Å². The fraction of sp³-hybridized carbons (Fsp3) is 0.0909. The van der Waals surface area contributed by atoms with Crippen LogP contribution in [0.4, 0.5) is 10.1 Å². The number of nitrogens with zero attached hydrogens (tertiary/aromatic N) is 1. The quantitative estimate of drug-likeness (QED) is 0.564. The smallest absolute Gasteiger partial charge is 0.257 e. The number of nitrogens with one attached hydrogen (secondary N) is 1. The first-order valence-electron chi connectivity index (χ1n) is 8.74. The molecule has 1 N–H and O–H groups in total. The second kappa shape index (κ2) is 7.52. The van der Waals surface area contributed by atoms with E-state index in [9.17, 15) is 9.18 Å². The molecule has 0 saturated carbocycles. The van der Waals surface area contributed by atoms with Crippen LogP contribution in [-0.4, -0.2) is 5.91 Å². The second-order valence-electron chi connectivity index (χ2n) is 6.33. The van der Waals surface area contributed by atoms with Gasteiger partial charge in [0, 0.05) is 5.39 Å². The largest absolute Gasteiger partial charge is 0.467 e. The van der Waals surface area contributed by atoms with Crippen molar-refractivity contribution >= 4 is 22.6 Å². The number of hydrogen-bond acceptors (Lipinski definition) is 4. The van der Waals surface area contributed by atoms with Crippen LogP contribution in [0.25, 0.3) is 11.0 Å². The maximum atomic E-state index is 14.3. The van der Waals surface area contributed by atoms with Gasteiger partial charge in [0.05, 0.1) is 12.8 Å². The lowest BCUT2D eigenvalue weighted by atomic mass is 10.1.